The highest BCUT2D eigenvalue weighted by Gasteiger charge is 2.37. The Morgan fingerprint density at radius 3 is 2.95 bits per heavy atom. The highest BCUT2D eigenvalue weighted by atomic mass is 16.2. The SMILES string of the molecule is CN1C(=O)CC(NC(=O)c2ccc3nc[nH]c3c2)C1=O. The Labute approximate surface area is 114 Å². The quantitative estimate of drug-likeness (QED) is 0.755. The van der Waals surface area contributed by atoms with Crippen molar-refractivity contribution in [2.24, 2.45) is 0 Å². The van der Waals surface area contributed by atoms with Crippen molar-refractivity contribution < 1.29 is 14.4 Å². The zero-order chi connectivity index (χ0) is 14.3. The van der Waals surface area contributed by atoms with Crippen LogP contribution in [0.2, 0.25) is 0 Å². The Bertz CT molecular complexity index is 721. The van der Waals surface area contributed by atoms with Crippen molar-refractivity contribution in [3.05, 3.63) is 30.1 Å². The Kier molecular flexibility index (Phi) is 2.74. The van der Waals surface area contributed by atoms with Crippen molar-refractivity contribution in [1.29, 1.82) is 0 Å². The minimum absolute atomic E-state index is 0.00732. The second-order valence-corrected chi connectivity index (χ2v) is 4.66. The number of aromatic amines is 1. The Morgan fingerprint density at radius 2 is 2.25 bits per heavy atom. The van der Waals surface area contributed by atoms with E-state index in [9.17, 15) is 14.4 Å². The number of likely N-dealkylation sites (N-methyl/N-ethyl adjacent to an activating group) is 1. The van der Waals surface area contributed by atoms with E-state index < -0.39 is 6.04 Å². The molecule has 1 aliphatic rings. The van der Waals surface area contributed by atoms with Crippen LogP contribution in [0.15, 0.2) is 24.5 Å². The number of imide groups is 1. The normalized spacial score (nSPS) is 18.9. The molecule has 1 fully saturated rings. The third-order valence-corrected chi connectivity index (χ3v) is 3.37. The summed E-state index contributed by atoms with van der Waals surface area (Å²) in [5, 5.41) is 2.58. The highest BCUT2D eigenvalue weighted by molar-refractivity contribution is 6.08. The molecule has 0 bridgehead atoms. The van der Waals surface area contributed by atoms with Gasteiger partial charge in [-0.2, -0.15) is 0 Å². The van der Waals surface area contributed by atoms with Gasteiger partial charge in [0.2, 0.25) is 5.91 Å². The standard InChI is InChI=1S/C13H12N4O3/c1-17-11(18)5-10(13(17)20)16-12(19)7-2-3-8-9(4-7)15-6-14-8/h2-4,6,10H,5H2,1H3,(H,14,15)(H,16,19). The number of H-pyrrole nitrogens is 1. The fourth-order valence-corrected chi connectivity index (χ4v) is 2.19. The summed E-state index contributed by atoms with van der Waals surface area (Å²) >= 11 is 0. The van der Waals surface area contributed by atoms with Crippen molar-refractivity contribution in [1.82, 2.24) is 20.2 Å². The lowest BCUT2D eigenvalue weighted by Crippen LogP contribution is -2.40. The van der Waals surface area contributed by atoms with Gasteiger partial charge in [-0.25, -0.2) is 4.98 Å². The average molecular weight is 272 g/mol. The van der Waals surface area contributed by atoms with Gasteiger partial charge in [0.25, 0.3) is 11.8 Å². The molecule has 7 nitrogen and oxygen atoms in total. The van der Waals surface area contributed by atoms with Gasteiger partial charge >= 0.3 is 0 Å². The first-order valence-electron chi connectivity index (χ1n) is 6.10. The molecule has 1 aromatic carbocycles. The van der Waals surface area contributed by atoms with Crippen molar-refractivity contribution in [3.8, 4) is 0 Å². The summed E-state index contributed by atoms with van der Waals surface area (Å²) in [5.41, 5.74) is 1.91. The highest BCUT2D eigenvalue weighted by Crippen LogP contribution is 2.14. The lowest BCUT2D eigenvalue weighted by atomic mass is 10.1. The molecule has 2 heterocycles. The van der Waals surface area contributed by atoms with Gasteiger partial charge in [0, 0.05) is 12.6 Å². The lowest BCUT2D eigenvalue weighted by Gasteiger charge is -2.11. The van der Waals surface area contributed by atoms with Gasteiger partial charge in [-0.15, -0.1) is 0 Å². The number of rotatable bonds is 2. The lowest BCUT2D eigenvalue weighted by molar-refractivity contribution is -0.137. The smallest absolute Gasteiger partial charge is 0.252 e. The molecule has 2 N–H and O–H groups in total. The second kappa shape index (κ2) is 4.44. The summed E-state index contributed by atoms with van der Waals surface area (Å²) in [6.07, 6.45) is 1.55. The Balaban J connectivity index is 1.79. The number of imidazole rings is 1. The summed E-state index contributed by atoms with van der Waals surface area (Å²) in [5.74, 6) is -1.06. The molecule has 1 saturated heterocycles. The van der Waals surface area contributed by atoms with Crippen LogP contribution in [-0.2, 0) is 9.59 Å². The number of aromatic nitrogens is 2. The van der Waals surface area contributed by atoms with Crippen LogP contribution in [0.3, 0.4) is 0 Å². The first kappa shape index (κ1) is 12.3. The number of nitrogens with one attached hydrogen (secondary N) is 2. The van der Waals surface area contributed by atoms with Gasteiger partial charge < -0.3 is 10.3 Å². The zero-order valence-electron chi connectivity index (χ0n) is 10.7. The fraction of sp³-hybridized carbons (Fsp3) is 0.231. The third kappa shape index (κ3) is 1.93. The van der Waals surface area contributed by atoms with Crippen LogP contribution in [0, 0.1) is 0 Å². The molecule has 0 spiro atoms. The molecule has 1 atom stereocenters. The Morgan fingerprint density at radius 1 is 1.45 bits per heavy atom. The molecule has 0 radical (unpaired) electrons. The van der Waals surface area contributed by atoms with Gasteiger partial charge in [0.15, 0.2) is 0 Å². The molecular weight excluding hydrogens is 260 g/mol. The van der Waals surface area contributed by atoms with Crippen molar-refractivity contribution in [2.45, 2.75) is 12.5 Å². The van der Waals surface area contributed by atoms with Crippen LogP contribution in [0.25, 0.3) is 11.0 Å². The van der Waals surface area contributed by atoms with E-state index in [1.807, 2.05) is 0 Å². The molecule has 3 amide bonds. The van der Waals surface area contributed by atoms with Gasteiger partial charge in [-0.05, 0) is 18.2 Å². The number of hydrogen-bond donors (Lipinski definition) is 2. The number of amides is 3. The van der Waals surface area contributed by atoms with E-state index in [-0.39, 0.29) is 24.1 Å². The number of hydrogen-bond acceptors (Lipinski definition) is 4. The maximum Gasteiger partial charge on any atom is 0.252 e. The predicted molar refractivity (Wildman–Crippen MR) is 69.7 cm³/mol. The second-order valence-electron chi connectivity index (χ2n) is 4.66. The largest absolute Gasteiger partial charge is 0.345 e. The molecule has 7 heteroatoms. The molecule has 2 aromatic rings. The fourth-order valence-electron chi connectivity index (χ4n) is 2.19. The van der Waals surface area contributed by atoms with E-state index in [0.29, 0.717) is 5.56 Å². The molecule has 20 heavy (non-hydrogen) atoms. The van der Waals surface area contributed by atoms with Crippen LogP contribution in [0.4, 0.5) is 0 Å². The van der Waals surface area contributed by atoms with Gasteiger partial charge in [-0.3, -0.25) is 19.3 Å². The van der Waals surface area contributed by atoms with E-state index in [0.717, 1.165) is 15.9 Å². The summed E-state index contributed by atoms with van der Waals surface area (Å²) in [7, 11) is 1.41. The number of carbonyl (C=O) groups is 3. The number of fused-ring (bicyclic) bond motifs is 1. The molecular formula is C13H12N4O3. The Hall–Kier alpha value is -2.70. The van der Waals surface area contributed by atoms with Crippen LogP contribution < -0.4 is 5.32 Å². The van der Waals surface area contributed by atoms with Gasteiger partial charge in [-0.1, -0.05) is 0 Å². The summed E-state index contributed by atoms with van der Waals surface area (Å²) < 4.78 is 0. The van der Waals surface area contributed by atoms with Gasteiger partial charge in [0.1, 0.15) is 6.04 Å². The molecule has 0 saturated carbocycles. The molecule has 1 aromatic heterocycles. The molecule has 0 aliphatic carbocycles. The molecule has 3 rings (SSSR count). The zero-order valence-corrected chi connectivity index (χ0v) is 10.7. The summed E-state index contributed by atoms with van der Waals surface area (Å²) in [6, 6.07) is 4.22. The van der Waals surface area contributed by atoms with Gasteiger partial charge in [0.05, 0.1) is 23.8 Å². The maximum atomic E-state index is 12.1. The molecule has 1 aliphatic heterocycles. The average Bonchev–Trinajstić information content (AvgIpc) is 2.99. The van der Waals surface area contributed by atoms with E-state index in [4.69, 9.17) is 0 Å². The van der Waals surface area contributed by atoms with Crippen LogP contribution >= 0.6 is 0 Å². The van der Waals surface area contributed by atoms with E-state index >= 15 is 0 Å². The topological polar surface area (TPSA) is 95.2 Å². The van der Waals surface area contributed by atoms with E-state index in [1.54, 1.807) is 24.5 Å². The van der Waals surface area contributed by atoms with E-state index in [2.05, 4.69) is 15.3 Å². The number of benzene rings is 1. The first-order valence-corrected chi connectivity index (χ1v) is 6.10. The third-order valence-electron chi connectivity index (χ3n) is 3.37. The maximum absolute atomic E-state index is 12.1. The summed E-state index contributed by atoms with van der Waals surface area (Å²) in [4.78, 5) is 43.2. The van der Waals surface area contributed by atoms with Crippen molar-refractivity contribution in [3.63, 3.8) is 0 Å². The summed E-state index contributed by atoms with van der Waals surface area (Å²) in [6.45, 7) is 0. The minimum Gasteiger partial charge on any atom is -0.345 e. The van der Waals surface area contributed by atoms with Crippen LogP contribution in [-0.4, -0.2) is 45.7 Å². The molecule has 102 valence electrons. The van der Waals surface area contributed by atoms with Crippen molar-refractivity contribution in [2.75, 3.05) is 7.05 Å². The molecule has 1 unspecified atom stereocenters. The minimum atomic E-state index is -0.780. The van der Waals surface area contributed by atoms with Crippen molar-refractivity contribution >= 4 is 28.8 Å². The first-order chi connectivity index (χ1) is 9.56. The predicted octanol–water partition coefficient (Wildman–Crippen LogP) is 0.0500. The van der Waals surface area contributed by atoms with Crippen LogP contribution in [0.5, 0.6) is 0 Å². The number of nitrogens with zero attached hydrogens (tertiary/aromatic N) is 2. The monoisotopic (exact) mass is 272 g/mol. The number of carbonyl (C=O) groups excluding carboxylic acids is 3. The van der Waals surface area contributed by atoms with E-state index in [1.165, 1.54) is 7.05 Å². The number of likely N-dealkylation sites (tertiary alicyclic amines) is 1. The van der Waals surface area contributed by atoms with Crippen LogP contribution in [0.1, 0.15) is 16.8 Å².